The topological polar surface area (TPSA) is 115 Å². The van der Waals surface area contributed by atoms with Crippen LogP contribution >= 0.6 is 11.3 Å². The Kier molecular flexibility index (Phi) is 4.47. The molecule has 0 aliphatic carbocycles. The van der Waals surface area contributed by atoms with Gasteiger partial charge in [-0.2, -0.15) is 0 Å². The summed E-state index contributed by atoms with van der Waals surface area (Å²) in [6.07, 6.45) is 2.52. The van der Waals surface area contributed by atoms with Crippen molar-refractivity contribution < 1.29 is 17.9 Å². The van der Waals surface area contributed by atoms with Crippen LogP contribution in [0.1, 0.15) is 32.3 Å². The number of carbonyl (C=O) groups excluding carboxylic acids is 1. The average molecular weight is 458 g/mol. The summed E-state index contributed by atoms with van der Waals surface area (Å²) in [4.78, 5) is 33.2. The molecule has 1 fully saturated rings. The van der Waals surface area contributed by atoms with E-state index in [1.54, 1.807) is 11.8 Å². The van der Waals surface area contributed by atoms with E-state index in [9.17, 15) is 13.2 Å². The molecule has 160 valence electrons. The van der Waals surface area contributed by atoms with Gasteiger partial charge in [0.2, 0.25) is 15.0 Å². The van der Waals surface area contributed by atoms with Crippen molar-refractivity contribution in [2.45, 2.75) is 31.1 Å². The molecule has 11 heteroatoms. The van der Waals surface area contributed by atoms with Crippen LogP contribution in [0.3, 0.4) is 0 Å². The number of aromatic nitrogens is 4. The Morgan fingerprint density at radius 2 is 1.94 bits per heavy atom. The van der Waals surface area contributed by atoms with Gasteiger partial charge >= 0.3 is 0 Å². The molecule has 0 aromatic carbocycles. The number of fused-ring (bicyclic) bond motifs is 2. The van der Waals surface area contributed by atoms with Gasteiger partial charge in [-0.15, -0.1) is 11.3 Å². The monoisotopic (exact) mass is 457 g/mol. The second kappa shape index (κ2) is 6.87. The predicted octanol–water partition coefficient (Wildman–Crippen LogP) is 1.90. The molecule has 0 unspecified atom stereocenters. The third-order valence-corrected chi connectivity index (χ3v) is 7.56. The van der Waals surface area contributed by atoms with E-state index in [2.05, 4.69) is 19.9 Å². The number of hydrogen-bond acceptors (Lipinski definition) is 9. The SMILES string of the molecule is Cc1cccc(CN2C(=O)c3nc(-c4nc(S(C)(=O)=O)ncc4C)sc3C23COC3)n1. The Balaban J connectivity index is 1.56. The molecule has 1 amide bonds. The lowest BCUT2D eigenvalue weighted by Crippen LogP contribution is -2.56. The van der Waals surface area contributed by atoms with Crippen LogP contribution in [0.25, 0.3) is 10.7 Å². The molecular weight excluding hydrogens is 438 g/mol. The minimum atomic E-state index is -3.57. The second-order valence-electron chi connectivity index (χ2n) is 7.84. The molecular formula is C20H19N5O4S2. The van der Waals surface area contributed by atoms with Crippen LogP contribution in [0.5, 0.6) is 0 Å². The fraction of sp³-hybridized carbons (Fsp3) is 0.350. The van der Waals surface area contributed by atoms with Crippen LogP contribution in [0, 0.1) is 13.8 Å². The van der Waals surface area contributed by atoms with Gasteiger partial charge in [-0.25, -0.2) is 23.4 Å². The van der Waals surface area contributed by atoms with Crippen molar-refractivity contribution in [3.63, 3.8) is 0 Å². The first-order chi connectivity index (χ1) is 14.7. The Hall–Kier alpha value is -2.76. The van der Waals surface area contributed by atoms with Crippen LogP contribution in [-0.2, 0) is 26.7 Å². The smallest absolute Gasteiger partial charge is 0.275 e. The quantitative estimate of drug-likeness (QED) is 0.546. The molecule has 1 spiro atoms. The van der Waals surface area contributed by atoms with Crippen LogP contribution in [0.15, 0.2) is 29.6 Å². The number of amides is 1. The number of nitrogens with zero attached hydrogens (tertiary/aromatic N) is 5. The minimum absolute atomic E-state index is 0.181. The van der Waals surface area contributed by atoms with E-state index in [0.29, 0.717) is 41.7 Å². The van der Waals surface area contributed by atoms with E-state index in [1.165, 1.54) is 17.5 Å². The van der Waals surface area contributed by atoms with Crippen molar-refractivity contribution in [3.8, 4) is 10.7 Å². The van der Waals surface area contributed by atoms with Gasteiger partial charge in [0, 0.05) is 18.1 Å². The molecule has 0 saturated carbocycles. The van der Waals surface area contributed by atoms with Gasteiger partial charge in [0.25, 0.3) is 5.91 Å². The van der Waals surface area contributed by atoms with Gasteiger partial charge in [0.05, 0.1) is 30.3 Å². The molecule has 0 atom stereocenters. The fourth-order valence-electron chi connectivity index (χ4n) is 3.80. The number of aryl methyl sites for hydroxylation is 2. The molecule has 2 aliphatic heterocycles. The van der Waals surface area contributed by atoms with Gasteiger partial charge in [0.15, 0.2) is 0 Å². The molecule has 2 aliphatic rings. The highest BCUT2D eigenvalue weighted by Gasteiger charge is 2.57. The van der Waals surface area contributed by atoms with E-state index < -0.39 is 15.4 Å². The van der Waals surface area contributed by atoms with Gasteiger partial charge < -0.3 is 9.64 Å². The zero-order valence-electron chi connectivity index (χ0n) is 17.1. The molecule has 1 saturated heterocycles. The highest BCUT2D eigenvalue weighted by Crippen LogP contribution is 2.49. The summed E-state index contributed by atoms with van der Waals surface area (Å²) in [5.41, 5.74) is 2.60. The predicted molar refractivity (Wildman–Crippen MR) is 112 cm³/mol. The Bertz CT molecular complexity index is 1330. The maximum Gasteiger partial charge on any atom is 0.275 e. The number of carbonyl (C=O) groups is 1. The first-order valence-corrected chi connectivity index (χ1v) is 12.3. The van der Waals surface area contributed by atoms with Crippen LogP contribution < -0.4 is 0 Å². The molecule has 0 N–H and O–H groups in total. The zero-order valence-corrected chi connectivity index (χ0v) is 18.7. The van der Waals surface area contributed by atoms with E-state index >= 15 is 0 Å². The maximum absolute atomic E-state index is 13.3. The summed E-state index contributed by atoms with van der Waals surface area (Å²) >= 11 is 1.35. The summed E-state index contributed by atoms with van der Waals surface area (Å²) < 4.78 is 29.3. The Morgan fingerprint density at radius 1 is 1.16 bits per heavy atom. The molecule has 9 nitrogen and oxygen atoms in total. The number of sulfone groups is 1. The van der Waals surface area contributed by atoms with Crippen molar-refractivity contribution in [3.05, 3.63) is 51.9 Å². The lowest BCUT2D eigenvalue weighted by molar-refractivity contribution is -0.126. The first-order valence-electron chi connectivity index (χ1n) is 9.57. The molecule has 0 radical (unpaired) electrons. The number of ether oxygens (including phenoxy) is 1. The molecule has 5 rings (SSSR count). The first kappa shape index (κ1) is 20.2. The highest BCUT2D eigenvalue weighted by molar-refractivity contribution is 7.90. The average Bonchev–Trinajstić information content (AvgIpc) is 3.19. The zero-order chi connectivity index (χ0) is 22.0. The summed E-state index contributed by atoms with van der Waals surface area (Å²) in [6.45, 7) is 4.84. The fourth-order valence-corrected chi connectivity index (χ4v) is 5.59. The molecule has 3 aromatic heterocycles. The van der Waals surface area contributed by atoms with E-state index in [4.69, 9.17) is 4.74 Å². The van der Waals surface area contributed by atoms with E-state index in [1.807, 2.05) is 25.1 Å². The third-order valence-electron chi connectivity index (χ3n) is 5.45. The number of pyridine rings is 1. The summed E-state index contributed by atoms with van der Waals surface area (Å²) in [5, 5.41) is 0.242. The van der Waals surface area contributed by atoms with E-state index in [0.717, 1.165) is 22.5 Å². The largest absolute Gasteiger partial charge is 0.376 e. The van der Waals surface area contributed by atoms with Crippen LogP contribution in [-0.4, -0.2) is 58.6 Å². The van der Waals surface area contributed by atoms with E-state index in [-0.39, 0.29) is 11.1 Å². The van der Waals surface area contributed by atoms with Gasteiger partial charge in [-0.05, 0) is 31.5 Å². The van der Waals surface area contributed by atoms with Crippen molar-refractivity contribution in [2.75, 3.05) is 19.5 Å². The van der Waals surface area contributed by atoms with Crippen molar-refractivity contribution in [2.24, 2.45) is 0 Å². The highest BCUT2D eigenvalue weighted by atomic mass is 32.2. The lowest BCUT2D eigenvalue weighted by atomic mass is 9.95. The Labute approximate surface area is 183 Å². The maximum atomic E-state index is 13.3. The third kappa shape index (κ3) is 3.15. The normalized spacial score (nSPS) is 17.1. The van der Waals surface area contributed by atoms with Gasteiger partial charge in [-0.3, -0.25) is 9.78 Å². The standard InChI is InChI=1S/C20H19N5O4S2/c1-11-7-21-19(31(3,27)28)24-14(11)17-23-15-16(30-17)20(9-29-10-20)25(18(15)26)8-13-6-4-5-12(2)22-13/h4-7H,8-10H2,1-3H3. The molecule has 31 heavy (non-hydrogen) atoms. The van der Waals surface area contributed by atoms with Crippen molar-refractivity contribution in [1.29, 1.82) is 0 Å². The van der Waals surface area contributed by atoms with Gasteiger partial charge in [-0.1, -0.05) is 6.07 Å². The number of hydrogen-bond donors (Lipinski definition) is 0. The summed E-state index contributed by atoms with van der Waals surface area (Å²) in [6, 6.07) is 5.73. The second-order valence-corrected chi connectivity index (χ2v) is 10.7. The van der Waals surface area contributed by atoms with Crippen molar-refractivity contribution >= 4 is 27.1 Å². The van der Waals surface area contributed by atoms with Crippen LogP contribution in [0.2, 0.25) is 0 Å². The van der Waals surface area contributed by atoms with Gasteiger partial charge in [0.1, 0.15) is 21.9 Å². The lowest BCUT2D eigenvalue weighted by Gasteiger charge is -2.44. The Morgan fingerprint density at radius 3 is 2.58 bits per heavy atom. The number of rotatable bonds is 4. The summed E-state index contributed by atoms with van der Waals surface area (Å²) in [7, 11) is -3.57. The minimum Gasteiger partial charge on any atom is -0.376 e. The molecule has 3 aromatic rings. The number of thiazole rings is 1. The molecule has 0 bridgehead atoms. The summed E-state index contributed by atoms with van der Waals surface area (Å²) in [5.74, 6) is -0.181. The van der Waals surface area contributed by atoms with Crippen LogP contribution in [0.4, 0.5) is 0 Å². The van der Waals surface area contributed by atoms with Crippen molar-refractivity contribution in [1.82, 2.24) is 24.8 Å². The molecule has 5 heterocycles.